The molecule has 1 heterocycles. The fourth-order valence-electron chi connectivity index (χ4n) is 2.57. The molecule has 0 aliphatic heterocycles. The van der Waals surface area contributed by atoms with E-state index in [1.807, 2.05) is 0 Å². The number of carbonyl (C=O) groups excluding carboxylic acids is 2. The second-order valence-corrected chi connectivity index (χ2v) is 5.62. The summed E-state index contributed by atoms with van der Waals surface area (Å²) < 4.78 is 17.9. The van der Waals surface area contributed by atoms with Gasteiger partial charge in [0.2, 0.25) is 0 Å². The molecule has 0 saturated carbocycles. The SMILES string of the molecule is CCOC(=O)c1c(C)[nH]c(C(=O)NCC(O)c2ccc(F)cc2)c1C. The lowest BCUT2D eigenvalue weighted by Gasteiger charge is -2.12. The zero-order chi connectivity index (χ0) is 18.6. The van der Waals surface area contributed by atoms with Gasteiger partial charge in [0.1, 0.15) is 11.5 Å². The van der Waals surface area contributed by atoms with E-state index in [0.29, 0.717) is 22.4 Å². The number of aliphatic hydroxyl groups excluding tert-OH is 1. The number of rotatable bonds is 6. The average Bonchev–Trinajstić information content (AvgIpc) is 2.88. The van der Waals surface area contributed by atoms with Gasteiger partial charge in [0.15, 0.2) is 0 Å². The van der Waals surface area contributed by atoms with Gasteiger partial charge in [-0.05, 0) is 44.0 Å². The highest BCUT2D eigenvalue weighted by molar-refractivity contribution is 6.00. The van der Waals surface area contributed by atoms with E-state index in [0.717, 1.165) is 0 Å². The van der Waals surface area contributed by atoms with Crippen LogP contribution in [0.25, 0.3) is 0 Å². The number of aliphatic hydroxyl groups is 1. The number of carbonyl (C=O) groups is 2. The van der Waals surface area contributed by atoms with Crippen LogP contribution in [0.15, 0.2) is 24.3 Å². The van der Waals surface area contributed by atoms with E-state index in [1.165, 1.54) is 24.3 Å². The molecule has 1 unspecified atom stereocenters. The van der Waals surface area contributed by atoms with Gasteiger partial charge in [-0.15, -0.1) is 0 Å². The third-order valence-corrected chi connectivity index (χ3v) is 3.85. The van der Waals surface area contributed by atoms with Gasteiger partial charge in [-0.3, -0.25) is 4.79 Å². The highest BCUT2D eigenvalue weighted by Gasteiger charge is 2.23. The van der Waals surface area contributed by atoms with Crippen molar-refractivity contribution >= 4 is 11.9 Å². The van der Waals surface area contributed by atoms with Crippen LogP contribution in [0, 0.1) is 19.7 Å². The molecule has 6 nitrogen and oxygen atoms in total. The molecule has 7 heteroatoms. The van der Waals surface area contributed by atoms with Gasteiger partial charge in [0.25, 0.3) is 5.91 Å². The number of amides is 1. The maximum absolute atomic E-state index is 12.9. The summed E-state index contributed by atoms with van der Waals surface area (Å²) in [7, 11) is 0. The molecule has 1 atom stereocenters. The predicted molar refractivity (Wildman–Crippen MR) is 89.9 cm³/mol. The van der Waals surface area contributed by atoms with Crippen LogP contribution in [0.5, 0.6) is 0 Å². The second kappa shape index (κ2) is 7.94. The molecule has 0 aliphatic rings. The highest BCUT2D eigenvalue weighted by Crippen LogP contribution is 2.19. The van der Waals surface area contributed by atoms with E-state index >= 15 is 0 Å². The topological polar surface area (TPSA) is 91.4 Å². The Bertz CT molecular complexity index is 768. The van der Waals surface area contributed by atoms with Crippen molar-refractivity contribution in [3.8, 4) is 0 Å². The maximum Gasteiger partial charge on any atom is 0.340 e. The normalized spacial score (nSPS) is 11.9. The largest absolute Gasteiger partial charge is 0.462 e. The number of ether oxygens (including phenoxy) is 1. The number of aromatic amines is 1. The molecule has 0 spiro atoms. The lowest BCUT2D eigenvalue weighted by molar-refractivity contribution is 0.0525. The van der Waals surface area contributed by atoms with Crippen molar-refractivity contribution in [2.45, 2.75) is 26.9 Å². The quantitative estimate of drug-likeness (QED) is 0.699. The second-order valence-electron chi connectivity index (χ2n) is 5.62. The van der Waals surface area contributed by atoms with Gasteiger partial charge >= 0.3 is 5.97 Å². The third kappa shape index (κ3) is 4.24. The predicted octanol–water partition coefficient (Wildman–Crippen LogP) is 2.41. The molecule has 0 radical (unpaired) electrons. The summed E-state index contributed by atoms with van der Waals surface area (Å²) in [5.74, 6) is -1.33. The van der Waals surface area contributed by atoms with Crippen molar-refractivity contribution in [1.82, 2.24) is 10.3 Å². The third-order valence-electron chi connectivity index (χ3n) is 3.85. The molecule has 134 valence electrons. The molecular weight excluding hydrogens is 327 g/mol. The van der Waals surface area contributed by atoms with Crippen molar-refractivity contribution in [1.29, 1.82) is 0 Å². The van der Waals surface area contributed by atoms with Gasteiger partial charge in [-0.1, -0.05) is 12.1 Å². The van der Waals surface area contributed by atoms with E-state index in [2.05, 4.69) is 10.3 Å². The van der Waals surface area contributed by atoms with Gasteiger partial charge in [-0.25, -0.2) is 9.18 Å². The van der Waals surface area contributed by atoms with Crippen LogP contribution in [-0.4, -0.2) is 35.1 Å². The molecule has 0 aliphatic carbocycles. The van der Waals surface area contributed by atoms with E-state index in [-0.39, 0.29) is 18.8 Å². The first-order valence-corrected chi connectivity index (χ1v) is 7.93. The van der Waals surface area contributed by atoms with E-state index < -0.39 is 23.8 Å². The van der Waals surface area contributed by atoms with E-state index in [4.69, 9.17) is 4.74 Å². The maximum atomic E-state index is 12.9. The van der Waals surface area contributed by atoms with Crippen LogP contribution in [0.1, 0.15) is 50.7 Å². The molecule has 3 N–H and O–H groups in total. The van der Waals surface area contributed by atoms with Crippen LogP contribution in [0.2, 0.25) is 0 Å². The minimum Gasteiger partial charge on any atom is -0.462 e. The van der Waals surface area contributed by atoms with Gasteiger partial charge in [0, 0.05) is 12.2 Å². The van der Waals surface area contributed by atoms with Crippen LogP contribution < -0.4 is 5.32 Å². The first-order chi connectivity index (χ1) is 11.8. The Balaban J connectivity index is 2.07. The summed E-state index contributed by atoms with van der Waals surface area (Å²) in [5.41, 5.74) is 2.11. The lowest BCUT2D eigenvalue weighted by atomic mass is 10.1. The summed E-state index contributed by atoms with van der Waals surface area (Å²) >= 11 is 0. The number of halogens is 1. The van der Waals surface area contributed by atoms with Crippen molar-refractivity contribution in [3.63, 3.8) is 0 Å². The van der Waals surface area contributed by atoms with Crippen molar-refractivity contribution in [3.05, 3.63) is 58.2 Å². The van der Waals surface area contributed by atoms with Gasteiger partial charge in [-0.2, -0.15) is 0 Å². The smallest absolute Gasteiger partial charge is 0.340 e. The monoisotopic (exact) mass is 348 g/mol. The number of benzene rings is 1. The van der Waals surface area contributed by atoms with Crippen LogP contribution in [0.3, 0.4) is 0 Å². The zero-order valence-corrected chi connectivity index (χ0v) is 14.4. The first kappa shape index (κ1) is 18.7. The summed E-state index contributed by atoms with van der Waals surface area (Å²) in [6.07, 6.45) is -0.967. The summed E-state index contributed by atoms with van der Waals surface area (Å²) in [4.78, 5) is 27.2. The molecule has 1 aromatic carbocycles. The molecular formula is C18H21FN2O4. The number of esters is 1. The van der Waals surface area contributed by atoms with Crippen LogP contribution >= 0.6 is 0 Å². The minimum absolute atomic E-state index is 0.0449. The molecule has 25 heavy (non-hydrogen) atoms. The number of nitrogens with one attached hydrogen (secondary N) is 2. The number of aromatic nitrogens is 1. The van der Waals surface area contributed by atoms with Crippen molar-refractivity contribution in [2.24, 2.45) is 0 Å². The fraction of sp³-hybridized carbons (Fsp3) is 0.333. The van der Waals surface area contributed by atoms with Crippen molar-refractivity contribution in [2.75, 3.05) is 13.2 Å². The number of hydrogen-bond acceptors (Lipinski definition) is 4. The Hall–Kier alpha value is -2.67. The Labute approximate surface area is 145 Å². The van der Waals surface area contributed by atoms with Crippen LogP contribution in [0.4, 0.5) is 4.39 Å². The molecule has 0 bridgehead atoms. The molecule has 1 aromatic heterocycles. The fourth-order valence-corrected chi connectivity index (χ4v) is 2.57. The van der Waals surface area contributed by atoms with Gasteiger partial charge in [0.05, 0.1) is 18.3 Å². The average molecular weight is 348 g/mol. The Kier molecular flexibility index (Phi) is 5.93. The van der Waals surface area contributed by atoms with E-state index in [1.54, 1.807) is 20.8 Å². The Morgan fingerprint density at radius 3 is 2.52 bits per heavy atom. The standard InChI is InChI=1S/C18H21FN2O4/c1-4-25-18(24)15-10(2)16(21-11(15)3)17(23)20-9-14(22)12-5-7-13(19)8-6-12/h5-8,14,21-22H,4,9H2,1-3H3,(H,20,23). The Morgan fingerprint density at radius 1 is 1.28 bits per heavy atom. The van der Waals surface area contributed by atoms with Crippen molar-refractivity contribution < 1.29 is 23.8 Å². The first-order valence-electron chi connectivity index (χ1n) is 7.93. The Morgan fingerprint density at radius 2 is 1.92 bits per heavy atom. The van der Waals surface area contributed by atoms with E-state index in [9.17, 15) is 19.1 Å². The minimum atomic E-state index is -0.967. The van der Waals surface area contributed by atoms with Crippen LogP contribution in [-0.2, 0) is 4.74 Å². The summed E-state index contributed by atoms with van der Waals surface area (Å²) in [5, 5.41) is 12.7. The molecule has 0 saturated heterocycles. The molecule has 0 fully saturated rings. The molecule has 2 rings (SSSR count). The molecule has 1 amide bonds. The number of aryl methyl sites for hydroxylation is 1. The summed E-state index contributed by atoms with van der Waals surface area (Å²) in [6.45, 7) is 5.25. The molecule has 2 aromatic rings. The highest BCUT2D eigenvalue weighted by atomic mass is 19.1. The lowest BCUT2D eigenvalue weighted by Crippen LogP contribution is -2.29. The number of hydrogen-bond donors (Lipinski definition) is 3. The summed E-state index contributed by atoms with van der Waals surface area (Å²) in [6, 6.07) is 5.39. The number of H-pyrrole nitrogens is 1. The van der Waals surface area contributed by atoms with Gasteiger partial charge < -0.3 is 20.1 Å². The zero-order valence-electron chi connectivity index (χ0n) is 14.4.